The normalized spacial score (nSPS) is 11.0. The van der Waals surface area contributed by atoms with Crippen LogP contribution in [-0.2, 0) is 12.8 Å². The van der Waals surface area contributed by atoms with Gasteiger partial charge in [-0.1, -0.05) is 69.9 Å². The van der Waals surface area contributed by atoms with Crippen LogP contribution in [0.25, 0.3) is 22.5 Å². The van der Waals surface area contributed by atoms with E-state index in [0.717, 1.165) is 36.0 Å². The molecule has 3 aromatic rings. The molecular weight excluding hydrogens is 359 g/mol. The highest BCUT2D eigenvalue weighted by Crippen LogP contribution is 2.24. The van der Waals surface area contributed by atoms with E-state index < -0.39 is 0 Å². The van der Waals surface area contributed by atoms with Crippen molar-refractivity contribution in [3.63, 3.8) is 0 Å². The van der Waals surface area contributed by atoms with Gasteiger partial charge in [0, 0.05) is 18.0 Å². The molecule has 0 spiro atoms. The Morgan fingerprint density at radius 2 is 1.28 bits per heavy atom. The van der Waals surface area contributed by atoms with Crippen LogP contribution >= 0.6 is 0 Å². The summed E-state index contributed by atoms with van der Waals surface area (Å²) in [6.45, 7) is 4.40. The third kappa shape index (κ3) is 5.96. The summed E-state index contributed by atoms with van der Waals surface area (Å²) in [4.78, 5) is 8.85. The third-order valence-electron chi connectivity index (χ3n) is 5.35. The molecule has 0 radical (unpaired) electrons. The Balaban J connectivity index is 1.68. The van der Waals surface area contributed by atoms with Crippen LogP contribution in [-0.4, -0.2) is 9.97 Å². The summed E-state index contributed by atoms with van der Waals surface area (Å²) in [6.07, 6.45) is 12.8. The lowest BCUT2D eigenvalue weighted by molar-refractivity contribution is 0.625. The number of nitrogens with zero attached hydrogens (tertiary/aromatic N) is 2. The Hall–Kier alpha value is -2.55. The predicted molar refractivity (Wildman–Crippen MR) is 119 cm³/mol. The van der Waals surface area contributed by atoms with Crippen LogP contribution in [0.3, 0.4) is 0 Å². The number of aryl methyl sites for hydroxylation is 2. The smallest absolute Gasteiger partial charge is 0.162 e. The van der Waals surface area contributed by atoms with E-state index in [-0.39, 0.29) is 5.82 Å². The molecule has 0 aliphatic heterocycles. The van der Waals surface area contributed by atoms with Crippen LogP contribution in [0.1, 0.15) is 63.5 Å². The average molecular weight is 391 g/mol. The first-order valence-corrected chi connectivity index (χ1v) is 10.9. The summed E-state index contributed by atoms with van der Waals surface area (Å²) in [6, 6.07) is 14.0. The second kappa shape index (κ2) is 10.8. The van der Waals surface area contributed by atoms with Crippen molar-refractivity contribution in [3.05, 3.63) is 71.8 Å². The van der Waals surface area contributed by atoms with Gasteiger partial charge < -0.3 is 0 Å². The molecular formula is C26H31FN2. The second-order valence-electron chi connectivity index (χ2n) is 7.72. The fraction of sp³-hybridized carbons (Fsp3) is 0.385. The number of halogens is 1. The molecule has 0 amide bonds. The summed E-state index contributed by atoms with van der Waals surface area (Å²) in [5, 5.41) is 0. The molecule has 2 nitrogen and oxygen atoms in total. The fourth-order valence-electron chi connectivity index (χ4n) is 3.53. The van der Waals surface area contributed by atoms with Crippen molar-refractivity contribution in [2.75, 3.05) is 0 Å². The molecule has 152 valence electrons. The first-order chi connectivity index (χ1) is 14.2. The van der Waals surface area contributed by atoms with Gasteiger partial charge in [0.05, 0.1) is 5.56 Å². The number of hydrogen-bond acceptors (Lipinski definition) is 2. The molecule has 1 heterocycles. The van der Waals surface area contributed by atoms with Crippen LogP contribution in [0.15, 0.2) is 54.9 Å². The maximum atomic E-state index is 14.6. The van der Waals surface area contributed by atoms with Crippen LogP contribution in [0.4, 0.5) is 4.39 Å². The summed E-state index contributed by atoms with van der Waals surface area (Å²) < 4.78 is 14.6. The van der Waals surface area contributed by atoms with Gasteiger partial charge in [-0.25, -0.2) is 14.4 Å². The zero-order valence-electron chi connectivity index (χ0n) is 17.6. The van der Waals surface area contributed by atoms with Crippen LogP contribution in [0.2, 0.25) is 0 Å². The van der Waals surface area contributed by atoms with E-state index in [1.807, 2.05) is 6.07 Å². The Morgan fingerprint density at radius 3 is 1.86 bits per heavy atom. The van der Waals surface area contributed by atoms with Gasteiger partial charge in [0.2, 0.25) is 0 Å². The molecule has 0 atom stereocenters. The lowest BCUT2D eigenvalue weighted by Gasteiger charge is -2.07. The number of hydrogen-bond donors (Lipinski definition) is 0. The molecule has 2 aromatic carbocycles. The minimum Gasteiger partial charge on any atom is -0.236 e. The van der Waals surface area contributed by atoms with Crippen molar-refractivity contribution in [2.24, 2.45) is 0 Å². The highest BCUT2D eigenvalue weighted by molar-refractivity contribution is 5.64. The van der Waals surface area contributed by atoms with Crippen molar-refractivity contribution >= 4 is 0 Å². The monoisotopic (exact) mass is 390 g/mol. The molecule has 0 unspecified atom stereocenters. The van der Waals surface area contributed by atoms with Crippen molar-refractivity contribution < 1.29 is 4.39 Å². The van der Waals surface area contributed by atoms with Gasteiger partial charge in [-0.15, -0.1) is 0 Å². The Bertz CT molecular complexity index is 886. The minimum absolute atomic E-state index is 0.247. The molecule has 1 aromatic heterocycles. The lowest BCUT2D eigenvalue weighted by Crippen LogP contribution is -1.95. The van der Waals surface area contributed by atoms with E-state index in [0.29, 0.717) is 11.4 Å². The van der Waals surface area contributed by atoms with E-state index in [2.05, 4.69) is 48.1 Å². The van der Waals surface area contributed by atoms with Gasteiger partial charge in [0.25, 0.3) is 0 Å². The number of rotatable bonds is 10. The molecule has 3 heteroatoms. The van der Waals surface area contributed by atoms with Gasteiger partial charge >= 0.3 is 0 Å². The fourth-order valence-corrected chi connectivity index (χ4v) is 3.53. The molecule has 0 saturated heterocycles. The Kier molecular flexibility index (Phi) is 7.92. The van der Waals surface area contributed by atoms with Crippen molar-refractivity contribution in [1.82, 2.24) is 9.97 Å². The molecule has 0 saturated carbocycles. The molecule has 0 aliphatic carbocycles. The molecule has 0 aliphatic rings. The van der Waals surface area contributed by atoms with Crippen molar-refractivity contribution in [2.45, 2.75) is 65.2 Å². The summed E-state index contributed by atoms with van der Waals surface area (Å²) >= 11 is 0. The zero-order chi connectivity index (χ0) is 20.5. The predicted octanol–water partition coefficient (Wildman–Crippen LogP) is 7.42. The van der Waals surface area contributed by atoms with Crippen LogP contribution in [0, 0.1) is 5.82 Å². The molecule has 0 bridgehead atoms. The second-order valence-corrected chi connectivity index (χ2v) is 7.72. The largest absolute Gasteiger partial charge is 0.236 e. The van der Waals surface area contributed by atoms with Crippen molar-refractivity contribution in [3.8, 4) is 22.5 Å². The van der Waals surface area contributed by atoms with E-state index in [1.165, 1.54) is 37.7 Å². The zero-order valence-corrected chi connectivity index (χ0v) is 17.6. The van der Waals surface area contributed by atoms with E-state index in [9.17, 15) is 4.39 Å². The SMILES string of the molecule is CCCCCc1ccc(-c2cnc(-c3ccc(CCCCC)cc3F)nc2)cc1. The maximum Gasteiger partial charge on any atom is 0.162 e. The van der Waals surface area contributed by atoms with E-state index in [1.54, 1.807) is 24.5 Å². The van der Waals surface area contributed by atoms with Gasteiger partial charge in [-0.3, -0.25) is 0 Å². The maximum absolute atomic E-state index is 14.6. The topological polar surface area (TPSA) is 25.8 Å². The van der Waals surface area contributed by atoms with Gasteiger partial charge in [0.15, 0.2) is 5.82 Å². The lowest BCUT2D eigenvalue weighted by atomic mass is 10.0. The Labute approximate surface area is 174 Å². The molecule has 29 heavy (non-hydrogen) atoms. The van der Waals surface area contributed by atoms with Crippen LogP contribution < -0.4 is 0 Å². The first-order valence-electron chi connectivity index (χ1n) is 10.9. The number of benzene rings is 2. The molecule has 0 N–H and O–H groups in total. The third-order valence-corrected chi connectivity index (χ3v) is 5.35. The van der Waals surface area contributed by atoms with E-state index >= 15 is 0 Å². The van der Waals surface area contributed by atoms with Gasteiger partial charge in [-0.2, -0.15) is 0 Å². The molecule has 3 rings (SSSR count). The quantitative estimate of drug-likeness (QED) is 0.337. The standard InChI is InChI=1S/C26H31FN2/c1-3-5-7-9-20-11-14-22(15-12-20)23-18-28-26(29-19-23)24-16-13-21(17-25(24)27)10-8-6-4-2/h11-19H,3-10H2,1-2H3. The summed E-state index contributed by atoms with van der Waals surface area (Å²) in [7, 11) is 0. The molecule has 0 fully saturated rings. The van der Waals surface area contributed by atoms with Crippen molar-refractivity contribution in [1.29, 1.82) is 0 Å². The summed E-state index contributed by atoms with van der Waals surface area (Å²) in [5.41, 5.74) is 4.89. The van der Waals surface area contributed by atoms with Gasteiger partial charge in [0.1, 0.15) is 5.82 Å². The van der Waals surface area contributed by atoms with E-state index in [4.69, 9.17) is 0 Å². The van der Waals surface area contributed by atoms with Gasteiger partial charge in [-0.05, 0) is 54.5 Å². The highest BCUT2D eigenvalue weighted by atomic mass is 19.1. The summed E-state index contributed by atoms with van der Waals surface area (Å²) in [5.74, 6) is 0.186. The first kappa shape index (κ1) is 21.2. The number of unbranched alkanes of at least 4 members (excludes halogenated alkanes) is 4. The highest BCUT2D eigenvalue weighted by Gasteiger charge is 2.10. The average Bonchev–Trinajstić information content (AvgIpc) is 2.75. The Morgan fingerprint density at radius 1 is 0.690 bits per heavy atom. The number of aromatic nitrogens is 2. The van der Waals surface area contributed by atoms with Crippen LogP contribution in [0.5, 0.6) is 0 Å². The minimum atomic E-state index is -0.247.